The third kappa shape index (κ3) is 3.57. The Kier molecular flexibility index (Phi) is 4.29. The van der Waals surface area contributed by atoms with E-state index in [0.29, 0.717) is 0 Å². The summed E-state index contributed by atoms with van der Waals surface area (Å²) in [5, 5.41) is 3.35. The first-order chi connectivity index (χ1) is 5.43. The molecule has 0 radical (unpaired) electrons. The van der Waals surface area contributed by atoms with E-state index in [2.05, 4.69) is 24.4 Å². The highest BCUT2D eigenvalue weighted by molar-refractivity contribution is 4.93. The Bertz CT molecular complexity index is 114. The topological polar surface area (TPSA) is 12.0 Å². The molecule has 1 nitrogen and oxygen atoms in total. The second-order valence-electron chi connectivity index (χ2n) is 3.32. The maximum absolute atomic E-state index is 3.35. The van der Waals surface area contributed by atoms with Gasteiger partial charge in [-0.15, -0.1) is 0 Å². The van der Waals surface area contributed by atoms with Crippen LogP contribution in [-0.4, -0.2) is 13.1 Å². The van der Waals surface area contributed by atoms with Crippen LogP contribution in [0.5, 0.6) is 0 Å². The normalized spacial score (nSPS) is 19.0. The van der Waals surface area contributed by atoms with Crippen molar-refractivity contribution in [1.29, 1.82) is 0 Å². The Morgan fingerprint density at radius 1 is 1.45 bits per heavy atom. The van der Waals surface area contributed by atoms with Crippen molar-refractivity contribution >= 4 is 0 Å². The van der Waals surface area contributed by atoms with Crippen molar-refractivity contribution in [3.63, 3.8) is 0 Å². The van der Waals surface area contributed by atoms with Gasteiger partial charge < -0.3 is 5.32 Å². The third-order valence-electron chi connectivity index (χ3n) is 2.25. The molecule has 1 fully saturated rings. The zero-order valence-electron chi connectivity index (χ0n) is 7.47. The Hall–Kier alpha value is -0.300. The molecule has 0 heterocycles. The molecule has 1 saturated carbocycles. The zero-order chi connectivity index (χ0) is 7.94. The first-order valence-corrected chi connectivity index (χ1v) is 4.81. The SMILES string of the molecule is CCCNCC=CC1CCC1. The molecular weight excluding hydrogens is 134 g/mol. The maximum atomic E-state index is 3.35. The molecule has 64 valence electrons. The van der Waals surface area contributed by atoms with Gasteiger partial charge in [0.15, 0.2) is 0 Å². The van der Waals surface area contributed by atoms with E-state index < -0.39 is 0 Å². The zero-order valence-corrected chi connectivity index (χ0v) is 7.47. The molecule has 0 aliphatic heterocycles. The van der Waals surface area contributed by atoms with Gasteiger partial charge in [-0.2, -0.15) is 0 Å². The van der Waals surface area contributed by atoms with Gasteiger partial charge in [0.2, 0.25) is 0 Å². The number of nitrogens with one attached hydrogen (secondary N) is 1. The predicted octanol–water partition coefficient (Wildman–Crippen LogP) is 2.34. The molecule has 0 aromatic heterocycles. The van der Waals surface area contributed by atoms with E-state index in [1.165, 1.54) is 25.7 Å². The lowest BCUT2D eigenvalue weighted by Crippen LogP contribution is -2.15. The average Bonchev–Trinajstić information content (AvgIpc) is 1.93. The van der Waals surface area contributed by atoms with Crippen LogP contribution in [0.4, 0.5) is 0 Å². The van der Waals surface area contributed by atoms with E-state index in [1.54, 1.807) is 0 Å². The lowest BCUT2D eigenvalue weighted by Gasteiger charge is -2.21. The van der Waals surface area contributed by atoms with E-state index in [1.807, 2.05) is 0 Å². The van der Waals surface area contributed by atoms with Gasteiger partial charge in [-0.25, -0.2) is 0 Å². The van der Waals surface area contributed by atoms with Crippen LogP contribution in [0.2, 0.25) is 0 Å². The van der Waals surface area contributed by atoms with Crippen LogP contribution in [0.25, 0.3) is 0 Å². The van der Waals surface area contributed by atoms with Gasteiger partial charge in [-0.05, 0) is 31.7 Å². The van der Waals surface area contributed by atoms with Crippen molar-refractivity contribution in [2.75, 3.05) is 13.1 Å². The van der Waals surface area contributed by atoms with Crippen LogP contribution >= 0.6 is 0 Å². The molecule has 0 atom stereocenters. The molecule has 0 spiro atoms. The Morgan fingerprint density at radius 2 is 2.27 bits per heavy atom. The predicted molar refractivity (Wildman–Crippen MR) is 49.6 cm³/mol. The highest BCUT2D eigenvalue weighted by Crippen LogP contribution is 2.26. The molecule has 0 unspecified atom stereocenters. The lowest BCUT2D eigenvalue weighted by atomic mass is 9.85. The van der Waals surface area contributed by atoms with Crippen LogP contribution in [0.15, 0.2) is 12.2 Å². The van der Waals surface area contributed by atoms with Crippen molar-refractivity contribution in [3.05, 3.63) is 12.2 Å². The molecule has 0 bridgehead atoms. The molecule has 0 amide bonds. The standard InChI is InChI=1S/C10H19N/c1-2-8-11-9-4-7-10-5-3-6-10/h4,7,10-11H,2-3,5-6,8-9H2,1H3. The van der Waals surface area contributed by atoms with Gasteiger partial charge >= 0.3 is 0 Å². The van der Waals surface area contributed by atoms with Gasteiger partial charge in [0.05, 0.1) is 0 Å². The van der Waals surface area contributed by atoms with E-state index in [9.17, 15) is 0 Å². The summed E-state index contributed by atoms with van der Waals surface area (Å²) in [5.41, 5.74) is 0. The van der Waals surface area contributed by atoms with Gasteiger partial charge in [-0.3, -0.25) is 0 Å². The highest BCUT2D eigenvalue weighted by atomic mass is 14.8. The van der Waals surface area contributed by atoms with E-state index in [4.69, 9.17) is 0 Å². The monoisotopic (exact) mass is 153 g/mol. The molecule has 11 heavy (non-hydrogen) atoms. The van der Waals surface area contributed by atoms with Crippen LogP contribution in [0.3, 0.4) is 0 Å². The van der Waals surface area contributed by atoms with Crippen LogP contribution in [0, 0.1) is 5.92 Å². The Balaban J connectivity index is 1.88. The molecule has 1 aliphatic rings. The summed E-state index contributed by atoms with van der Waals surface area (Å²) in [7, 11) is 0. The number of hydrogen-bond acceptors (Lipinski definition) is 1. The number of rotatable bonds is 5. The average molecular weight is 153 g/mol. The van der Waals surface area contributed by atoms with Crippen molar-refractivity contribution < 1.29 is 0 Å². The first kappa shape index (κ1) is 8.79. The van der Waals surface area contributed by atoms with Crippen molar-refractivity contribution in [2.45, 2.75) is 32.6 Å². The quantitative estimate of drug-likeness (QED) is 0.472. The summed E-state index contributed by atoms with van der Waals surface area (Å²) in [5.74, 6) is 0.915. The minimum Gasteiger partial charge on any atom is -0.313 e. The fraction of sp³-hybridized carbons (Fsp3) is 0.800. The fourth-order valence-electron chi connectivity index (χ4n) is 1.25. The third-order valence-corrected chi connectivity index (χ3v) is 2.25. The summed E-state index contributed by atoms with van der Waals surface area (Å²) < 4.78 is 0. The fourth-order valence-corrected chi connectivity index (χ4v) is 1.25. The number of allylic oxidation sites excluding steroid dienone is 1. The van der Waals surface area contributed by atoms with Crippen LogP contribution < -0.4 is 5.32 Å². The summed E-state index contributed by atoms with van der Waals surface area (Å²) in [6.07, 6.45) is 10.2. The molecule has 0 saturated heterocycles. The van der Waals surface area contributed by atoms with Crippen molar-refractivity contribution in [2.24, 2.45) is 5.92 Å². The Labute approximate surface area is 69.9 Å². The lowest BCUT2D eigenvalue weighted by molar-refractivity contribution is 0.387. The van der Waals surface area contributed by atoms with Crippen molar-refractivity contribution in [1.82, 2.24) is 5.32 Å². The molecular formula is C10H19N. The maximum Gasteiger partial charge on any atom is 0.0134 e. The van der Waals surface area contributed by atoms with Crippen molar-refractivity contribution in [3.8, 4) is 0 Å². The summed E-state index contributed by atoms with van der Waals surface area (Å²) in [6, 6.07) is 0. The largest absolute Gasteiger partial charge is 0.313 e. The second-order valence-corrected chi connectivity index (χ2v) is 3.32. The second kappa shape index (κ2) is 5.36. The molecule has 0 aromatic rings. The minimum atomic E-state index is 0.915. The number of hydrogen-bond donors (Lipinski definition) is 1. The molecule has 0 aromatic carbocycles. The minimum absolute atomic E-state index is 0.915. The molecule has 1 aliphatic carbocycles. The highest BCUT2D eigenvalue weighted by Gasteiger charge is 2.12. The molecule has 1 heteroatoms. The first-order valence-electron chi connectivity index (χ1n) is 4.81. The van der Waals surface area contributed by atoms with Gasteiger partial charge in [0.25, 0.3) is 0 Å². The van der Waals surface area contributed by atoms with E-state index in [0.717, 1.165) is 19.0 Å². The smallest absolute Gasteiger partial charge is 0.0134 e. The molecule has 1 N–H and O–H groups in total. The van der Waals surface area contributed by atoms with Gasteiger partial charge in [0.1, 0.15) is 0 Å². The summed E-state index contributed by atoms with van der Waals surface area (Å²) >= 11 is 0. The van der Waals surface area contributed by atoms with Crippen LogP contribution in [-0.2, 0) is 0 Å². The van der Waals surface area contributed by atoms with Gasteiger partial charge in [0, 0.05) is 6.54 Å². The van der Waals surface area contributed by atoms with Gasteiger partial charge in [-0.1, -0.05) is 25.5 Å². The Morgan fingerprint density at radius 3 is 2.82 bits per heavy atom. The summed E-state index contributed by atoms with van der Waals surface area (Å²) in [6.45, 7) is 4.40. The van der Waals surface area contributed by atoms with E-state index in [-0.39, 0.29) is 0 Å². The molecule has 1 rings (SSSR count). The summed E-state index contributed by atoms with van der Waals surface area (Å²) in [4.78, 5) is 0. The van der Waals surface area contributed by atoms with Crippen LogP contribution in [0.1, 0.15) is 32.6 Å². The van der Waals surface area contributed by atoms with E-state index >= 15 is 0 Å².